The van der Waals surface area contributed by atoms with Crippen molar-refractivity contribution >= 4 is 17.7 Å². The SMILES string of the molecule is COC(=O)c1ccc(N2CCCC3(CCc4cnc(N(C)C)nc43)C2)nc1. The average Bonchev–Trinajstić information content (AvgIpc) is 3.04. The van der Waals surface area contributed by atoms with Crippen molar-refractivity contribution in [2.45, 2.75) is 31.1 Å². The van der Waals surface area contributed by atoms with E-state index in [1.807, 2.05) is 31.3 Å². The van der Waals surface area contributed by atoms with Gasteiger partial charge in [0.25, 0.3) is 0 Å². The number of ether oxygens (including phenoxy) is 1. The number of hydrogen-bond acceptors (Lipinski definition) is 7. The zero-order chi connectivity index (χ0) is 19.0. The molecule has 7 heteroatoms. The molecule has 1 spiro atoms. The Morgan fingerprint density at radius 1 is 1.22 bits per heavy atom. The predicted octanol–water partition coefficient (Wildman–Crippen LogP) is 2.21. The molecule has 3 heterocycles. The van der Waals surface area contributed by atoms with Gasteiger partial charge in [-0.3, -0.25) is 0 Å². The van der Waals surface area contributed by atoms with Crippen LogP contribution in [0.25, 0.3) is 0 Å². The number of piperidine rings is 1. The molecule has 142 valence electrons. The van der Waals surface area contributed by atoms with Crippen molar-refractivity contribution in [3.05, 3.63) is 41.3 Å². The first-order valence-electron chi connectivity index (χ1n) is 9.35. The Bertz CT molecular complexity index is 848. The number of carbonyl (C=O) groups is 1. The predicted molar refractivity (Wildman–Crippen MR) is 103 cm³/mol. The third-order valence-electron chi connectivity index (χ3n) is 5.70. The maximum Gasteiger partial charge on any atom is 0.339 e. The Morgan fingerprint density at radius 3 is 2.78 bits per heavy atom. The second-order valence-electron chi connectivity index (χ2n) is 7.64. The van der Waals surface area contributed by atoms with Crippen LogP contribution in [0.5, 0.6) is 0 Å². The number of pyridine rings is 1. The zero-order valence-electron chi connectivity index (χ0n) is 16.1. The van der Waals surface area contributed by atoms with E-state index in [1.165, 1.54) is 18.4 Å². The van der Waals surface area contributed by atoms with Crippen molar-refractivity contribution < 1.29 is 9.53 Å². The number of fused-ring (bicyclic) bond motifs is 2. The van der Waals surface area contributed by atoms with Crippen molar-refractivity contribution in [1.82, 2.24) is 15.0 Å². The molecule has 2 aliphatic rings. The minimum Gasteiger partial charge on any atom is -0.465 e. The fourth-order valence-corrected chi connectivity index (χ4v) is 4.28. The van der Waals surface area contributed by atoms with Gasteiger partial charge in [-0.15, -0.1) is 0 Å². The highest BCUT2D eigenvalue weighted by Crippen LogP contribution is 2.44. The second-order valence-corrected chi connectivity index (χ2v) is 7.64. The first kappa shape index (κ1) is 17.7. The van der Waals surface area contributed by atoms with Crippen LogP contribution in [0, 0.1) is 0 Å². The van der Waals surface area contributed by atoms with Gasteiger partial charge in [0.15, 0.2) is 0 Å². The summed E-state index contributed by atoms with van der Waals surface area (Å²) >= 11 is 0. The van der Waals surface area contributed by atoms with E-state index < -0.39 is 0 Å². The third kappa shape index (κ3) is 3.11. The number of nitrogens with zero attached hydrogens (tertiary/aromatic N) is 5. The number of rotatable bonds is 3. The van der Waals surface area contributed by atoms with Gasteiger partial charge in [0.05, 0.1) is 18.4 Å². The van der Waals surface area contributed by atoms with E-state index in [9.17, 15) is 4.79 Å². The van der Waals surface area contributed by atoms with Crippen LogP contribution in [0.4, 0.5) is 11.8 Å². The van der Waals surface area contributed by atoms with E-state index in [2.05, 4.69) is 14.9 Å². The number of esters is 1. The zero-order valence-corrected chi connectivity index (χ0v) is 16.1. The van der Waals surface area contributed by atoms with Crippen molar-refractivity contribution in [3.8, 4) is 0 Å². The number of aromatic nitrogens is 3. The molecule has 0 aromatic carbocycles. The molecular weight excluding hydrogens is 342 g/mol. The van der Waals surface area contributed by atoms with Crippen LogP contribution >= 0.6 is 0 Å². The van der Waals surface area contributed by atoms with Gasteiger partial charge >= 0.3 is 5.97 Å². The molecule has 0 bridgehead atoms. The standard InChI is InChI=1S/C20H25N5O2/c1-24(2)19-22-11-14-7-9-20(17(14)23-19)8-4-10-25(13-20)16-6-5-15(12-21-16)18(26)27-3/h5-6,11-12H,4,7-10,13H2,1-3H3. The van der Waals surface area contributed by atoms with Crippen LogP contribution in [0.1, 0.15) is 40.9 Å². The van der Waals surface area contributed by atoms with Crippen molar-refractivity contribution in [1.29, 1.82) is 0 Å². The molecule has 0 amide bonds. The maximum atomic E-state index is 11.6. The topological polar surface area (TPSA) is 71.5 Å². The van der Waals surface area contributed by atoms with E-state index >= 15 is 0 Å². The van der Waals surface area contributed by atoms with Gasteiger partial charge in [-0.05, 0) is 43.4 Å². The van der Waals surface area contributed by atoms with Crippen molar-refractivity contribution in [2.24, 2.45) is 0 Å². The lowest BCUT2D eigenvalue weighted by Gasteiger charge is -2.41. The highest BCUT2D eigenvalue weighted by atomic mass is 16.5. The molecule has 0 saturated carbocycles. The van der Waals surface area contributed by atoms with E-state index in [1.54, 1.807) is 12.3 Å². The summed E-state index contributed by atoms with van der Waals surface area (Å²) in [6.45, 7) is 1.86. The summed E-state index contributed by atoms with van der Waals surface area (Å²) in [6, 6.07) is 3.69. The Morgan fingerprint density at radius 2 is 2.07 bits per heavy atom. The van der Waals surface area contributed by atoms with Gasteiger partial charge in [0.1, 0.15) is 5.82 Å². The Kier molecular flexibility index (Phi) is 4.45. The molecule has 2 aromatic heterocycles. The third-order valence-corrected chi connectivity index (χ3v) is 5.70. The van der Waals surface area contributed by atoms with E-state index in [-0.39, 0.29) is 11.4 Å². The Labute approximate surface area is 159 Å². The Hall–Kier alpha value is -2.70. The van der Waals surface area contributed by atoms with Gasteiger partial charge in [0, 0.05) is 45.0 Å². The molecule has 2 aromatic rings. The summed E-state index contributed by atoms with van der Waals surface area (Å²) in [5.74, 6) is 1.31. The number of methoxy groups -OCH3 is 1. The maximum absolute atomic E-state index is 11.6. The number of carbonyl (C=O) groups excluding carboxylic acids is 1. The van der Waals surface area contributed by atoms with Gasteiger partial charge < -0.3 is 14.5 Å². The van der Waals surface area contributed by atoms with Gasteiger partial charge in [-0.25, -0.2) is 19.7 Å². The van der Waals surface area contributed by atoms with Crippen molar-refractivity contribution in [2.75, 3.05) is 44.1 Å². The van der Waals surface area contributed by atoms with Crippen molar-refractivity contribution in [3.63, 3.8) is 0 Å². The average molecular weight is 367 g/mol. The first-order chi connectivity index (χ1) is 13.0. The fourth-order valence-electron chi connectivity index (χ4n) is 4.28. The van der Waals surface area contributed by atoms with Crippen LogP contribution in [0.2, 0.25) is 0 Å². The number of aryl methyl sites for hydroxylation is 1. The van der Waals surface area contributed by atoms with Crippen LogP contribution in [0.15, 0.2) is 24.5 Å². The van der Waals surface area contributed by atoms with Gasteiger partial charge in [-0.1, -0.05) is 0 Å². The summed E-state index contributed by atoms with van der Waals surface area (Å²) in [5.41, 5.74) is 3.01. The first-order valence-corrected chi connectivity index (χ1v) is 9.35. The van der Waals surface area contributed by atoms with E-state index in [0.717, 1.165) is 50.5 Å². The molecule has 27 heavy (non-hydrogen) atoms. The second kappa shape index (κ2) is 6.79. The van der Waals surface area contributed by atoms with E-state index in [0.29, 0.717) is 5.56 Å². The molecule has 1 atom stereocenters. The molecule has 0 N–H and O–H groups in total. The molecule has 1 fully saturated rings. The number of anilines is 2. The molecule has 1 aliphatic heterocycles. The fraction of sp³-hybridized carbons (Fsp3) is 0.500. The summed E-state index contributed by atoms with van der Waals surface area (Å²) in [4.78, 5) is 29.8. The minimum atomic E-state index is -0.359. The molecule has 1 unspecified atom stereocenters. The largest absolute Gasteiger partial charge is 0.465 e. The lowest BCUT2D eigenvalue weighted by molar-refractivity contribution is 0.0600. The molecule has 4 rings (SSSR count). The monoisotopic (exact) mass is 367 g/mol. The highest BCUT2D eigenvalue weighted by Gasteiger charge is 2.44. The molecule has 1 saturated heterocycles. The molecule has 0 radical (unpaired) electrons. The van der Waals surface area contributed by atoms with Crippen LogP contribution in [0.3, 0.4) is 0 Å². The molecule has 1 aliphatic carbocycles. The van der Waals surface area contributed by atoms with Crippen LogP contribution in [-0.4, -0.2) is 55.2 Å². The van der Waals surface area contributed by atoms with Crippen LogP contribution < -0.4 is 9.80 Å². The van der Waals surface area contributed by atoms with Gasteiger partial charge in [-0.2, -0.15) is 0 Å². The van der Waals surface area contributed by atoms with E-state index in [4.69, 9.17) is 9.72 Å². The summed E-state index contributed by atoms with van der Waals surface area (Å²) in [6.07, 6.45) is 7.96. The highest BCUT2D eigenvalue weighted by molar-refractivity contribution is 5.89. The Balaban J connectivity index is 1.61. The molecule has 7 nitrogen and oxygen atoms in total. The quantitative estimate of drug-likeness (QED) is 0.770. The number of hydrogen-bond donors (Lipinski definition) is 0. The summed E-state index contributed by atoms with van der Waals surface area (Å²) in [7, 11) is 5.33. The van der Waals surface area contributed by atoms with Gasteiger partial charge in [0.2, 0.25) is 5.95 Å². The minimum absolute atomic E-state index is 0.0595. The smallest absolute Gasteiger partial charge is 0.339 e. The molecular formula is C20H25N5O2. The summed E-state index contributed by atoms with van der Waals surface area (Å²) in [5, 5.41) is 0. The summed E-state index contributed by atoms with van der Waals surface area (Å²) < 4.78 is 4.76. The lowest BCUT2D eigenvalue weighted by atomic mass is 9.77. The normalized spacial score (nSPS) is 21.2. The van der Waals surface area contributed by atoms with Crippen LogP contribution in [-0.2, 0) is 16.6 Å². The lowest BCUT2D eigenvalue weighted by Crippen LogP contribution is -2.46.